The second-order valence-corrected chi connectivity index (χ2v) is 4.72. The van der Waals surface area contributed by atoms with Crippen LogP contribution in [0.3, 0.4) is 0 Å². The number of hydrogen-bond donors (Lipinski definition) is 0. The van der Waals surface area contributed by atoms with Crippen LogP contribution in [-0.2, 0) is 6.54 Å². The molecule has 0 aliphatic carbocycles. The van der Waals surface area contributed by atoms with Gasteiger partial charge in [-0.05, 0) is 12.5 Å². The van der Waals surface area contributed by atoms with Gasteiger partial charge in [-0.25, -0.2) is 4.98 Å². The van der Waals surface area contributed by atoms with Gasteiger partial charge in [0.15, 0.2) is 5.16 Å². The summed E-state index contributed by atoms with van der Waals surface area (Å²) in [5, 5.41) is 9.47. The highest BCUT2D eigenvalue weighted by atomic mass is 32.2. The number of thioether (sulfide) groups is 1. The van der Waals surface area contributed by atoms with Crippen molar-refractivity contribution in [3.05, 3.63) is 47.8 Å². The summed E-state index contributed by atoms with van der Waals surface area (Å²) in [6.45, 7) is 2.89. The zero-order valence-electron chi connectivity index (χ0n) is 9.63. The van der Waals surface area contributed by atoms with Crippen molar-refractivity contribution in [3.8, 4) is 6.07 Å². The van der Waals surface area contributed by atoms with Crippen LogP contribution in [0.4, 0.5) is 0 Å². The van der Waals surface area contributed by atoms with Crippen LogP contribution < -0.4 is 0 Å². The molecule has 2 rings (SSSR count). The molecule has 3 nitrogen and oxygen atoms in total. The lowest BCUT2D eigenvalue weighted by Crippen LogP contribution is -2.00. The lowest BCUT2D eigenvalue weighted by atomic mass is 10.1. The Hall–Kier alpha value is -1.73. The minimum Gasteiger partial charge on any atom is -0.322 e. The fourth-order valence-electron chi connectivity index (χ4n) is 1.66. The average molecular weight is 243 g/mol. The van der Waals surface area contributed by atoms with Crippen molar-refractivity contribution in [2.45, 2.75) is 18.6 Å². The summed E-state index contributed by atoms with van der Waals surface area (Å²) < 4.78 is 2.07. The van der Waals surface area contributed by atoms with E-state index in [1.54, 1.807) is 6.20 Å². The van der Waals surface area contributed by atoms with Crippen molar-refractivity contribution in [1.29, 1.82) is 5.26 Å². The minimum atomic E-state index is 0.435. The number of hydrogen-bond acceptors (Lipinski definition) is 3. The van der Waals surface area contributed by atoms with Gasteiger partial charge < -0.3 is 4.57 Å². The van der Waals surface area contributed by atoms with Crippen LogP contribution in [0.1, 0.15) is 11.1 Å². The number of nitrogens with zero attached hydrogens (tertiary/aromatic N) is 3. The molecule has 0 N–H and O–H groups in total. The minimum absolute atomic E-state index is 0.435. The Morgan fingerprint density at radius 1 is 1.47 bits per heavy atom. The van der Waals surface area contributed by atoms with Crippen molar-refractivity contribution < 1.29 is 0 Å². The number of aromatic nitrogens is 2. The van der Waals surface area contributed by atoms with E-state index in [0.717, 1.165) is 11.7 Å². The van der Waals surface area contributed by atoms with Crippen molar-refractivity contribution in [3.63, 3.8) is 0 Å². The number of imidazole rings is 1. The van der Waals surface area contributed by atoms with E-state index in [2.05, 4.69) is 46.8 Å². The molecule has 0 spiro atoms. The fourth-order valence-corrected chi connectivity index (χ4v) is 2.28. The van der Waals surface area contributed by atoms with E-state index < -0.39 is 0 Å². The van der Waals surface area contributed by atoms with Crippen molar-refractivity contribution in [2.24, 2.45) is 0 Å². The van der Waals surface area contributed by atoms with E-state index in [0.29, 0.717) is 5.75 Å². The largest absolute Gasteiger partial charge is 0.322 e. The van der Waals surface area contributed by atoms with Gasteiger partial charge in [-0.2, -0.15) is 5.26 Å². The molecule has 0 aliphatic rings. The van der Waals surface area contributed by atoms with Gasteiger partial charge in [0.1, 0.15) is 0 Å². The molecule has 0 unspecified atom stereocenters. The van der Waals surface area contributed by atoms with E-state index in [9.17, 15) is 0 Å². The monoisotopic (exact) mass is 243 g/mol. The Labute approximate surface area is 105 Å². The predicted octanol–water partition coefficient (Wildman–Crippen LogP) is 2.86. The molecule has 17 heavy (non-hydrogen) atoms. The topological polar surface area (TPSA) is 41.6 Å². The Balaban J connectivity index is 2.13. The molecule has 0 amide bonds. The molecule has 1 heterocycles. The van der Waals surface area contributed by atoms with Crippen LogP contribution in [0, 0.1) is 18.3 Å². The zero-order chi connectivity index (χ0) is 12.1. The van der Waals surface area contributed by atoms with Crippen LogP contribution in [0.2, 0.25) is 0 Å². The first kappa shape index (κ1) is 11.7. The average Bonchev–Trinajstić information content (AvgIpc) is 2.74. The molecule has 4 heteroatoms. The van der Waals surface area contributed by atoms with Gasteiger partial charge in [-0.3, -0.25) is 0 Å². The first-order valence-electron chi connectivity index (χ1n) is 5.36. The van der Waals surface area contributed by atoms with Crippen molar-refractivity contribution in [1.82, 2.24) is 9.55 Å². The lowest BCUT2D eigenvalue weighted by molar-refractivity contribution is 0.709. The second-order valence-electron chi connectivity index (χ2n) is 3.77. The molecule has 2 aromatic rings. The van der Waals surface area contributed by atoms with Crippen LogP contribution in [0.15, 0.2) is 41.8 Å². The smallest absolute Gasteiger partial charge is 0.169 e. The standard InChI is InChI=1S/C13H13N3S/c1-11-3-2-4-12(9-11)10-16-7-6-15-13(16)17-8-5-14/h2-4,6-7,9H,8,10H2,1H3. The number of aryl methyl sites for hydroxylation is 1. The molecule has 0 saturated heterocycles. The van der Waals surface area contributed by atoms with E-state index >= 15 is 0 Å². The maximum absolute atomic E-state index is 8.57. The number of rotatable bonds is 4. The van der Waals surface area contributed by atoms with Gasteiger partial charge >= 0.3 is 0 Å². The predicted molar refractivity (Wildman–Crippen MR) is 68.8 cm³/mol. The summed E-state index contributed by atoms with van der Waals surface area (Å²) in [5.74, 6) is 0.435. The normalized spacial score (nSPS) is 10.1. The van der Waals surface area contributed by atoms with Gasteiger partial charge in [0, 0.05) is 18.9 Å². The molecule has 0 fully saturated rings. The third kappa shape index (κ3) is 3.11. The van der Waals surface area contributed by atoms with Gasteiger partial charge in [0.25, 0.3) is 0 Å². The summed E-state index contributed by atoms with van der Waals surface area (Å²) in [6.07, 6.45) is 3.72. The highest BCUT2D eigenvalue weighted by Gasteiger charge is 2.03. The highest BCUT2D eigenvalue weighted by molar-refractivity contribution is 7.99. The molecule has 0 saturated carbocycles. The van der Waals surface area contributed by atoms with E-state index in [4.69, 9.17) is 5.26 Å². The highest BCUT2D eigenvalue weighted by Crippen LogP contribution is 2.16. The Kier molecular flexibility index (Phi) is 3.84. The Bertz CT molecular complexity index is 540. The summed E-state index contributed by atoms with van der Waals surface area (Å²) in [6, 6.07) is 10.5. The molecular formula is C13H13N3S. The van der Waals surface area contributed by atoms with Gasteiger partial charge in [0.05, 0.1) is 11.8 Å². The quantitative estimate of drug-likeness (QED) is 0.775. The van der Waals surface area contributed by atoms with Crippen molar-refractivity contribution >= 4 is 11.8 Å². The van der Waals surface area contributed by atoms with Crippen LogP contribution >= 0.6 is 11.8 Å². The summed E-state index contributed by atoms with van der Waals surface area (Å²) in [4.78, 5) is 4.25. The van der Waals surface area contributed by atoms with E-state index in [-0.39, 0.29) is 0 Å². The molecular weight excluding hydrogens is 230 g/mol. The zero-order valence-corrected chi connectivity index (χ0v) is 10.4. The summed E-state index contributed by atoms with van der Waals surface area (Å²) >= 11 is 1.47. The third-order valence-electron chi connectivity index (χ3n) is 2.38. The molecule has 0 aliphatic heterocycles. The number of nitriles is 1. The van der Waals surface area contributed by atoms with E-state index in [1.807, 2.05) is 6.20 Å². The van der Waals surface area contributed by atoms with Gasteiger partial charge in [0.2, 0.25) is 0 Å². The van der Waals surface area contributed by atoms with Crippen LogP contribution in [0.5, 0.6) is 0 Å². The molecule has 0 atom stereocenters. The molecule has 0 radical (unpaired) electrons. The Morgan fingerprint density at radius 2 is 2.35 bits per heavy atom. The summed E-state index contributed by atoms with van der Waals surface area (Å²) in [7, 11) is 0. The van der Waals surface area contributed by atoms with E-state index in [1.165, 1.54) is 22.9 Å². The first-order valence-corrected chi connectivity index (χ1v) is 6.34. The maximum atomic E-state index is 8.57. The summed E-state index contributed by atoms with van der Waals surface area (Å²) in [5.41, 5.74) is 2.51. The number of benzene rings is 1. The van der Waals surface area contributed by atoms with Crippen LogP contribution in [0.25, 0.3) is 0 Å². The molecule has 1 aromatic heterocycles. The molecule has 0 bridgehead atoms. The van der Waals surface area contributed by atoms with Crippen molar-refractivity contribution in [2.75, 3.05) is 5.75 Å². The lowest BCUT2D eigenvalue weighted by Gasteiger charge is -2.07. The first-order chi connectivity index (χ1) is 8.29. The second kappa shape index (κ2) is 5.55. The Morgan fingerprint density at radius 3 is 3.12 bits per heavy atom. The molecule has 86 valence electrons. The van der Waals surface area contributed by atoms with Crippen LogP contribution in [-0.4, -0.2) is 15.3 Å². The van der Waals surface area contributed by atoms with Gasteiger partial charge in [-0.15, -0.1) is 0 Å². The third-order valence-corrected chi connectivity index (χ3v) is 3.25. The molecule has 1 aromatic carbocycles. The maximum Gasteiger partial charge on any atom is 0.169 e. The van der Waals surface area contributed by atoms with Gasteiger partial charge in [-0.1, -0.05) is 41.6 Å². The SMILES string of the molecule is Cc1cccc(Cn2ccnc2SCC#N)c1. The fraction of sp³-hybridized carbons (Fsp3) is 0.231.